The summed E-state index contributed by atoms with van der Waals surface area (Å²) in [4.78, 5) is 30.1. The van der Waals surface area contributed by atoms with Crippen LogP contribution in [-0.2, 0) is 0 Å². The van der Waals surface area contributed by atoms with Crippen LogP contribution >= 0.6 is 11.6 Å². The van der Waals surface area contributed by atoms with Crippen molar-refractivity contribution in [2.24, 2.45) is 0 Å². The number of aromatic nitrogens is 3. The van der Waals surface area contributed by atoms with E-state index < -0.39 is 35.7 Å². The van der Waals surface area contributed by atoms with E-state index >= 15 is 0 Å². The fourth-order valence-electron chi connectivity index (χ4n) is 4.24. The van der Waals surface area contributed by atoms with Crippen LogP contribution in [0, 0.1) is 11.6 Å². The van der Waals surface area contributed by atoms with Crippen LogP contribution in [0.25, 0.3) is 16.9 Å². The number of alkyl halides is 1. The first-order valence-corrected chi connectivity index (χ1v) is 12.4. The summed E-state index contributed by atoms with van der Waals surface area (Å²) in [6.45, 7) is 0.696. The van der Waals surface area contributed by atoms with Crippen LogP contribution in [0.15, 0.2) is 66.9 Å². The zero-order valence-corrected chi connectivity index (χ0v) is 21.1. The maximum atomic E-state index is 14.7. The molecule has 0 saturated carbocycles. The van der Waals surface area contributed by atoms with Gasteiger partial charge in [0.2, 0.25) is 0 Å². The molecule has 1 saturated heterocycles. The van der Waals surface area contributed by atoms with Gasteiger partial charge in [0.15, 0.2) is 5.69 Å². The third-order valence-corrected chi connectivity index (χ3v) is 6.54. The zero-order chi connectivity index (χ0) is 27.5. The lowest BCUT2D eigenvalue weighted by Crippen LogP contribution is -2.50. The minimum Gasteiger partial charge on any atom is -0.345 e. The van der Waals surface area contributed by atoms with Crippen molar-refractivity contribution in [3.05, 3.63) is 94.8 Å². The van der Waals surface area contributed by atoms with Gasteiger partial charge in [-0.1, -0.05) is 29.8 Å². The van der Waals surface area contributed by atoms with Gasteiger partial charge in [-0.3, -0.25) is 14.6 Å². The Hall–Kier alpha value is -4.22. The number of piperidine rings is 1. The van der Waals surface area contributed by atoms with Gasteiger partial charge in [-0.15, -0.1) is 0 Å². The van der Waals surface area contributed by atoms with Crippen molar-refractivity contribution in [1.29, 1.82) is 0 Å². The molecule has 12 heteroatoms. The number of nitrogens with one attached hydrogen (secondary N) is 3. The summed E-state index contributed by atoms with van der Waals surface area (Å²) in [6.07, 6.45) is 0.460. The fourth-order valence-corrected chi connectivity index (χ4v) is 4.48. The highest BCUT2D eigenvalue weighted by molar-refractivity contribution is 6.34. The highest BCUT2D eigenvalue weighted by Gasteiger charge is 2.28. The number of anilines is 1. The summed E-state index contributed by atoms with van der Waals surface area (Å²) in [7, 11) is 0. The molecule has 200 valence electrons. The molecule has 1 aliphatic rings. The Morgan fingerprint density at radius 3 is 2.56 bits per heavy atom. The summed E-state index contributed by atoms with van der Waals surface area (Å²) >= 11 is 6.18. The highest BCUT2D eigenvalue weighted by Crippen LogP contribution is 2.30. The van der Waals surface area contributed by atoms with Crippen molar-refractivity contribution < 1.29 is 22.8 Å². The lowest BCUT2D eigenvalue weighted by molar-refractivity contribution is 0.0886. The van der Waals surface area contributed by atoms with E-state index in [1.54, 1.807) is 30.3 Å². The number of pyridine rings is 1. The number of amides is 2. The summed E-state index contributed by atoms with van der Waals surface area (Å²) in [5, 5.41) is 12.3. The number of carbonyl (C=O) groups excluding carboxylic acids is 2. The first-order chi connectivity index (χ1) is 18.8. The van der Waals surface area contributed by atoms with Crippen molar-refractivity contribution in [2.45, 2.75) is 18.6 Å². The van der Waals surface area contributed by atoms with E-state index in [1.807, 2.05) is 0 Å². The monoisotopic (exact) mass is 554 g/mol. The number of halogens is 4. The van der Waals surface area contributed by atoms with Gasteiger partial charge in [0.1, 0.15) is 29.3 Å². The maximum absolute atomic E-state index is 14.7. The predicted octanol–water partition coefficient (Wildman–Crippen LogP) is 4.55. The third-order valence-electron chi connectivity index (χ3n) is 6.22. The number of rotatable bonds is 6. The molecule has 0 radical (unpaired) electrons. The number of benzene rings is 2. The molecule has 3 heterocycles. The van der Waals surface area contributed by atoms with Gasteiger partial charge in [0.25, 0.3) is 11.8 Å². The van der Waals surface area contributed by atoms with Crippen molar-refractivity contribution in [1.82, 2.24) is 25.4 Å². The molecule has 2 atom stereocenters. The van der Waals surface area contributed by atoms with Gasteiger partial charge in [-0.05, 0) is 49.4 Å². The van der Waals surface area contributed by atoms with Gasteiger partial charge < -0.3 is 16.0 Å². The summed E-state index contributed by atoms with van der Waals surface area (Å²) < 4.78 is 44.6. The zero-order valence-electron chi connectivity index (χ0n) is 20.3. The Bertz CT molecular complexity index is 1530. The van der Waals surface area contributed by atoms with E-state index in [2.05, 4.69) is 26.0 Å². The van der Waals surface area contributed by atoms with E-state index in [0.29, 0.717) is 18.7 Å². The molecule has 1 fully saturated rings. The quantitative estimate of drug-likeness (QED) is 0.325. The van der Waals surface area contributed by atoms with Crippen LogP contribution in [0.5, 0.6) is 0 Å². The van der Waals surface area contributed by atoms with Crippen LogP contribution in [-0.4, -0.2) is 51.9 Å². The maximum Gasteiger partial charge on any atom is 0.272 e. The van der Waals surface area contributed by atoms with Crippen LogP contribution in [0.1, 0.15) is 27.3 Å². The van der Waals surface area contributed by atoms with Crippen molar-refractivity contribution in [3.8, 4) is 16.9 Å². The number of para-hydroxylation sites is 1. The minimum atomic E-state index is -1.25. The lowest BCUT2D eigenvalue weighted by atomic mass is 10.0. The number of hydrogen-bond donors (Lipinski definition) is 3. The van der Waals surface area contributed by atoms with Gasteiger partial charge >= 0.3 is 0 Å². The average Bonchev–Trinajstić information content (AvgIpc) is 3.35. The standard InChI is InChI=1S/C27H22ClF3N6O2/c28-18-12-20(30)17(25-19(29)7-4-9-33-25)11-16(18)26(38)35-24-13-23(36-37(24)15-5-2-1-3-6-15)27(39)34-22-8-10-32-14-21(22)31/h1-7,9,11-13,21-22,32H,8,10,14H2,(H,34,39)(H,35,38). The molecule has 5 rings (SSSR count). The molecule has 2 unspecified atom stereocenters. The number of hydrogen-bond acceptors (Lipinski definition) is 5. The van der Waals surface area contributed by atoms with E-state index in [4.69, 9.17) is 11.6 Å². The largest absolute Gasteiger partial charge is 0.345 e. The molecular formula is C27H22ClF3N6O2. The Morgan fingerprint density at radius 2 is 1.82 bits per heavy atom. The predicted molar refractivity (Wildman–Crippen MR) is 140 cm³/mol. The van der Waals surface area contributed by atoms with Crippen LogP contribution in [0.2, 0.25) is 5.02 Å². The number of nitrogens with zero attached hydrogens (tertiary/aromatic N) is 3. The first kappa shape index (κ1) is 26.4. The molecule has 2 amide bonds. The molecule has 2 aromatic carbocycles. The van der Waals surface area contributed by atoms with Gasteiger partial charge in [-0.2, -0.15) is 5.10 Å². The van der Waals surface area contributed by atoms with Crippen LogP contribution < -0.4 is 16.0 Å². The van der Waals surface area contributed by atoms with E-state index in [9.17, 15) is 22.8 Å². The Labute approximate surface area is 226 Å². The summed E-state index contributed by atoms with van der Waals surface area (Å²) in [6, 6.07) is 13.8. The second kappa shape index (κ2) is 11.3. The van der Waals surface area contributed by atoms with Crippen molar-refractivity contribution >= 4 is 29.2 Å². The molecule has 1 aliphatic heterocycles. The molecule has 8 nitrogen and oxygen atoms in total. The fraction of sp³-hybridized carbons (Fsp3) is 0.185. The summed E-state index contributed by atoms with van der Waals surface area (Å²) in [5.74, 6) is -2.89. The average molecular weight is 555 g/mol. The van der Waals surface area contributed by atoms with E-state index in [0.717, 1.165) is 18.2 Å². The van der Waals surface area contributed by atoms with E-state index in [-0.39, 0.29) is 39.9 Å². The smallest absolute Gasteiger partial charge is 0.272 e. The van der Waals surface area contributed by atoms with Crippen molar-refractivity contribution in [2.75, 3.05) is 18.4 Å². The topological polar surface area (TPSA) is 101 Å². The number of carbonyl (C=O) groups is 2. The van der Waals surface area contributed by atoms with Crippen LogP contribution in [0.4, 0.5) is 19.0 Å². The van der Waals surface area contributed by atoms with Gasteiger partial charge in [0.05, 0.1) is 22.3 Å². The molecule has 0 spiro atoms. The normalized spacial score (nSPS) is 17.0. The Kier molecular flexibility index (Phi) is 7.62. The molecule has 3 N–H and O–H groups in total. The molecule has 0 aliphatic carbocycles. The van der Waals surface area contributed by atoms with Gasteiger partial charge in [0, 0.05) is 24.4 Å². The molecular weight excluding hydrogens is 533 g/mol. The summed E-state index contributed by atoms with van der Waals surface area (Å²) in [5.41, 5.74) is -0.208. The minimum absolute atomic E-state index is 0.0543. The molecule has 0 bridgehead atoms. The first-order valence-electron chi connectivity index (χ1n) is 12.0. The van der Waals surface area contributed by atoms with Crippen molar-refractivity contribution in [3.63, 3.8) is 0 Å². The highest BCUT2D eigenvalue weighted by atomic mass is 35.5. The second-order valence-electron chi connectivity index (χ2n) is 8.85. The van der Waals surface area contributed by atoms with Crippen LogP contribution in [0.3, 0.4) is 0 Å². The molecule has 2 aromatic heterocycles. The third kappa shape index (κ3) is 5.64. The Balaban J connectivity index is 1.47. The molecule has 4 aromatic rings. The van der Waals surface area contributed by atoms with E-state index in [1.165, 1.54) is 23.0 Å². The Morgan fingerprint density at radius 1 is 1.03 bits per heavy atom. The second-order valence-corrected chi connectivity index (χ2v) is 9.26. The lowest BCUT2D eigenvalue weighted by Gasteiger charge is -2.27. The SMILES string of the molecule is O=C(NC1CCNCC1F)c1cc(NC(=O)c2cc(-c3ncccc3F)c(F)cc2Cl)n(-c2ccccc2)n1. The molecule has 39 heavy (non-hydrogen) atoms. The van der Waals surface area contributed by atoms with Gasteiger partial charge in [-0.25, -0.2) is 17.9 Å².